The molecule has 1 fully saturated rings. The largest absolute Gasteiger partial charge is 0.391 e. The third kappa shape index (κ3) is 5.23. The quantitative estimate of drug-likeness (QED) is 0.657. The van der Waals surface area contributed by atoms with E-state index < -0.39 is 6.10 Å². The molecule has 1 saturated heterocycles. The van der Waals surface area contributed by atoms with Crippen LogP contribution in [0, 0.1) is 12.8 Å². The van der Waals surface area contributed by atoms with Crippen molar-refractivity contribution in [1.29, 1.82) is 0 Å². The molecule has 2 heterocycles. The lowest BCUT2D eigenvalue weighted by atomic mass is 9.96. The van der Waals surface area contributed by atoms with E-state index in [1.54, 1.807) is 0 Å². The van der Waals surface area contributed by atoms with Crippen LogP contribution in [0.1, 0.15) is 24.1 Å². The van der Waals surface area contributed by atoms with E-state index in [4.69, 9.17) is 0 Å². The number of anilines is 1. The molecule has 1 aliphatic heterocycles. The minimum atomic E-state index is -0.452. The maximum Gasteiger partial charge on any atom is 0.229 e. The SMILES string of the molecule is Cc1cccc(NC(=O)C2CCCN(CC(O)Cc3ccc4ccccc4c3)C2)n1. The third-order valence-electron chi connectivity index (χ3n) is 5.77. The standard InChI is InChI=1S/C25H29N3O2/c1-18-6-4-10-24(26-18)27-25(30)22-9-5-13-28(16-22)17-23(29)15-19-11-12-20-7-2-3-8-21(20)14-19/h2-4,6-8,10-12,14,22-23,29H,5,9,13,15-17H2,1H3,(H,26,27,30). The van der Waals surface area contributed by atoms with Gasteiger partial charge in [-0.15, -0.1) is 0 Å². The number of nitrogens with zero attached hydrogens (tertiary/aromatic N) is 2. The number of aryl methyl sites for hydroxylation is 1. The van der Waals surface area contributed by atoms with Crippen LogP contribution >= 0.6 is 0 Å². The summed E-state index contributed by atoms with van der Waals surface area (Å²) < 4.78 is 0. The van der Waals surface area contributed by atoms with Crippen LogP contribution in [0.2, 0.25) is 0 Å². The average Bonchev–Trinajstić information content (AvgIpc) is 2.74. The monoisotopic (exact) mass is 403 g/mol. The van der Waals surface area contributed by atoms with Gasteiger partial charge >= 0.3 is 0 Å². The van der Waals surface area contributed by atoms with Crippen molar-refractivity contribution in [3.8, 4) is 0 Å². The molecule has 1 aliphatic rings. The molecular weight excluding hydrogens is 374 g/mol. The summed E-state index contributed by atoms with van der Waals surface area (Å²) in [6.07, 6.45) is 1.99. The summed E-state index contributed by atoms with van der Waals surface area (Å²) in [6, 6.07) is 20.2. The number of carbonyl (C=O) groups is 1. The number of benzene rings is 2. The number of aromatic nitrogens is 1. The van der Waals surface area contributed by atoms with Crippen LogP contribution in [-0.4, -0.2) is 46.6 Å². The van der Waals surface area contributed by atoms with Crippen LogP contribution in [0.15, 0.2) is 60.7 Å². The van der Waals surface area contributed by atoms with Crippen LogP contribution in [-0.2, 0) is 11.2 Å². The molecule has 30 heavy (non-hydrogen) atoms. The van der Waals surface area contributed by atoms with Crippen molar-refractivity contribution in [1.82, 2.24) is 9.88 Å². The zero-order valence-electron chi connectivity index (χ0n) is 17.4. The first-order chi connectivity index (χ1) is 14.6. The molecule has 4 rings (SSSR count). The van der Waals surface area contributed by atoms with Gasteiger partial charge in [0.15, 0.2) is 0 Å². The van der Waals surface area contributed by atoms with Crippen molar-refractivity contribution in [2.75, 3.05) is 25.0 Å². The number of pyridine rings is 1. The predicted molar refractivity (Wildman–Crippen MR) is 120 cm³/mol. The van der Waals surface area contributed by atoms with Gasteiger partial charge in [-0.1, -0.05) is 48.5 Å². The van der Waals surface area contributed by atoms with Gasteiger partial charge in [0.05, 0.1) is 12.0 Å². The predicted octanol–water partition coefficient (Wildman–Crippen LogP) is 3.80. The lowest BCUT2D eigenvalue weighted by Gasteiger charge is -2.33. The number of β-amino-alcohol motifs (C(OH)–C–C–N with tert-alkyl or cyclic N) is 1. The van der Waals surface area contributed by atoms with E-state index in [-0.39, 0.29) is 11.8 Å². The molecule has 0 spiro atoms. The Bertz CT molecular complexity index is 1020. The van der Waals surface area contributed by atoms with Crippen molar-refractivity contribution in [3.63, 3.8) is 0 Å². The molecule has 3 aromatic rings. The second-order valence-electron chi connectivity index (χ2n) is 8.29. The van der Waals surface area contributed by atoms with Gasteiger partial charge in [-0.25, -0.2) is 4.98 Å². The fraction of sp³-hybridized carbons (Fsp3) is 0.360. The normalized spacial score (nSPS) is 18.3. The summed E-state index contributed by atoms with van der Waals surface area (Å²) >= 11 is 0. The summed E-state index contributed by atoms with van der Waals surface area (Å²) in [5, 5.41) is 16.0. The number of amides is 1. The highest BCUT2D eigenvalue weighted by molar-refractivity contribution is 5.91. The van der Waals surface area contributed by atoms with Gasteiger partial charge in [-0.2, -0.15) is 0 Å². The molecule has 1 amide bonds. The highest BCUT2D eigenvalue weighted by Gasteiger charge is 2.27. The van der Waals surface area contributed by atoms with E-state index in [2.05, 4.69) is 45.5 Å². The van der Waals surface area contributed by atoms with Crippen molar-refractivity contribution >= 4 is 22.5 Å². The summed E-state index contributed by atoms with van der Waals surface area (Å²) in [6.45, 7) is 4.09. The smallest absolute Gasteiger partial charge is 0.229 e. The van der Waals surface area contributed by atoms with Gasteiger partial charge in [-0.3, -0.25) is 9.69 Å². The van der Waals surface area contributed by atoms with Crippen molar-refractivity contribution in [2.45, 2.75) is 32.3 Å². The summed E-state index contributed by atoms with van der Waals surface area (Å²) in [5.41, 5.74) is 2.02. The maximum atomic E-state index is 12.7. The van der Waals surface area contributed by atoms with Crippen LogP contribution in [0.4, 0.5) is 5.82 Å². The van der Waals surface area contributed by atoms with Crippen molar-refractivity contribution < 1.29 is 9.90 Å². The maximum absolute atomic E-state index is 12.7. The Balaban J connectivity index is 1.32. The molecule has 0 bridgehead atoms. The number of aliphatic hydroxyl groups excluding tert-OH is 1. The second kappa shape index (κ2) is 9.37. The molecule has 1 aromatic heterocycles. The average molecular weight is 404 g/mol. The molecule has 156 valence electrons. The lowest BCUT2D eigenvalue weighted by molar-refractivity contribution is -0.121. The van der Waals surface area contributed by atoms with Gasteiger partial charge in [-0.05, 0) is 61.2 Å². The molecule has 0 radical (unpaired) electrons. The van der Waals surface area contributed by atoms with Gasteiger partial charge in [0.25, 0.3) is 0 Å². The topological polar surface area (TPSA) is 65.5 Å². The number of aliphatic hydroxyl groups is 1. The number of carbonyl (C=O) groups excluding carboxylic acids is 1. The molecule has 0 saturated carbocycles. The molecule has 5 heteroatoms. The first-order valence-electron chi connectivity index (χ1n) is 10.7. The number of piperidine rings is 1. The summed E-state index contributed by atoms with van der Waals surface area (Å²) in [5.74, 6) is 0.546. The first-order valence-corrected chi connectivity index (χ1v) is 10.7. The molecule has 2 N–H and O–H groups in total. The molecule has 2 aromatic carbocycles. The Hall–Kier alpha value is -2.76. The zero-order chi connectivity index (χ0) is 20.9. The Morgan fingerprint density at radius 3 is 2.83 bits per heavy atom. The van der Waals surface area contributed by atoms with E-state index in [0.717, 1.165) is 30.6 Å². The van der Waals surface area contributed by atoms with Gasteiger partial charge in [0, 0.05) is 18.8 Å². The van der Waals surface area contributed by atoms with Crippen LogP contribution in [0.5, 0.6) is 0 Å². The van der Waals surface area contributed by atoms with Crippen molar-refractivity contribution in [2.24, 2.45) is 5.92 Å². The number of hydrogen-bond donors (Lipinski definition) is 2. The minimum absolute atomic E-state index is 0.0156. The lowest BCUT2D eigenvalue weighted by Crippen LogP contribution is -2.44. The van der Waals surface area contributed by atoms with Crippen LogP contribution in [0.25, 0.3) is 10.8 Å². The van der Waals surface area contributed by atoms with E-state index in [0.29, 0.717) is 25.3 Å². The van der Waals surface area contributed by atoms with E-state index in [1.807, 2.05) is 37.3 Å². The minimum Gasteiger partial charge on any atom is -0.391 e. The van der Waals surface area contributed by atoms with Crippen LogP contribution < -0.4 is 5.32 Å². The Morgan fingerprint density at radius 1 is 1.17 bits per heavy atom. The molecule has 2 atom stereocenters. The summed E-state index contributed by atoms with van der Waals surface area (Å²) in [4.78, 5) is 19.3. The number of likely N-dealkylation sites (tertiary alicyclic amines) is 1. The summed E-state index contributed by atoms with van der Waals surface area (Å²) in [7, 11) is 0. The van der Waals surface area contributed by atoms with Crippen LogP contribution in [0.3, 0.4) is 0 Å². The highest BCUT2D eigenvalue weighted by Crippen LogP contribution is 2.20. The Labute approximate surface area is 177 Å². The molecule has 0 aliphatic carbocycles. The third-order valence-corrected chi connectivity index (χ3v) is 5.77. The second-order valence-corrected chi connectivity index (χ2v) is 8.29. The Kier molecular flexibility index (Phi) is 6.41. The fourth-order valence-corrected chi connectivity index (χ4v) is 4.28. The van der Waals surface area contributed by atoms with Gasteiger partial charge in [0.2, 0.25) is 5.91 Å². The first kappa shape index (κ1) is 20.5. The van der Waals surface area contributed by atoms with E-state index in [9.17, 15) is 9.90 Å². The van der Waals surface area contributed by atoms with E-state index >= 15 is 0 Å². The Morgan fingerprint density at radius 2 is 2.00 bits per heavy atom. The van der Waals surface area contributed by atoms with Crippen molar-refractivity contribution in [3.05, 3.63) is 71.9 Å². The highest BCUT2D eigenvalue weighted by atomic mass is 16.3. The molecular formula is C25H29N3O2. The fourth-order valence-electron chi connectivity index (χ4n) is 4.28. The van der Waals surface area contributed by atoms with E-state index in [1.165, 1.54) is 10.8 Å². The zero-order valence-corrected chi connectivity index (χ0v) is 17.4. The van der Waals surface area contributed by atoms with Gasteiger partial charge in [0.1, 0.15) is 5.82 Å². The number of hydrogen-bond acceptors (Lipinski definition) is 4. The molecule has 2 unspecified atom stereocenters. The van der Waals surface area contributed by atoms with Gasteiger partial charge < -0.3 is 10.4 Å². The number of nitrogens with one attached hydrogen (secondary N) is 1. The number of rotatable bonds is 6. The molecule has 5 nitrogen and oxygen atoms in total. The number of fused-ring (bicyclic) bond motifs is 1.